The van der Waals surface area contributed by atoms with Gasteiger partial charge in [-0.3, -0.25) is 9.59 Å². The maximum Gasteiger partial charge on any atom is 0.431 e. The second-order valence-electron chi connectivity index (χ2n) is 4.51. The van der Waals surface area contributed by atoms with Crippen LogP contribution in [0.3, 0.4) is 0 Å². The summed E-state index contributed by atoms with van der Waals surface area (Å²) in [5.41, 5.74) is -3.98. The Balaban J connectivity index is 2.13. The third-order valence-electron chi connectivity index (χ3n) is 2.93. The number of pyridine rings is 1. The summed E-state index contributed by atoms with van der Waals surface area (Å²) in [6.45, 7) is -0.213. The normalized spacial score (nSPS) is 14.0. The SMILES string of the molecule is O=C1COc2ccc(-n3c(=O)cc(C(F)(F)F)[nH]c3=O)nc2N1. The van der Waals surface area contributed by atoms with Crippen molar-refractivity contribution in [1.29, 1.82) is 0 Å². The number of carbonyl (C=O) groups is 1. The van der Waals surface area contributed by atoms with E-state index in [4.69, 9.17) is 4.74 Å². The van der Waals surface area contributed by atoms with E-state index in [0.717, 1.165) is 0 Å². The number of rotatable bonds is 1. The zero-order chi connectivity index (χ0) is 16.8. The highest BCUT2D eigenvalue weighted by Gasteiger charge is 2.33. The standard InChI is InChI=1S/C12H7F3N4O4/c13-12(14,15)6-3-9(21)19(11(22)16-6)7-2-1-5-10(17-7)18-8(20)4-23-5/h1-3H,4H2,(H,16,22)(H,17,18,20). The average molecular weight is 328 g/mol. The van der Waals surface area contributed by atoms with Crippen LogP contribution in [-0.4, -0.2) is 27.0 Å². The third kappa shape index (κ3) is 2.67. The van der Waals surface area contributed by atoms with Gasteiger partial charge in [-0.15, -0.1) is 0 Å². The molecule has 3 rings (SSSR count). The minimum atomic E-state index is -4.86. The summed E-state index contributed by atoms with van der Waals surface area (Å²) in [7, 11) is 0. The summed E-state index contributed by atoms with van der Waals surface area (Å²) < 4.78 is 43.1. The molecule has 0 bridgehead atoms. The molecule has 2 aromatic rings. The molecule has 0 unspecified atom stereocenters. The molecule has 0 saturated carbocycles. The third-order valence-corrected chi connectivity index (χ3v) is 2.93. The van der Waals surface area contributed by atoms with E-state index in [1.807, 2.05) is 0 Å². The molecule has 2 aromatic heterocycles. The van der Waals surface area contributed by atoms with E-state index in [-0.39, 0.29) is 30.1 Å². The fraction of sp³-hybridized carbons (Fsp3) is 0.167. The molecule has 0 fully saturated rings. The number of halogens is 3. The number of carbonyl (C=O) groups excluding carboxylic acids is 1. The van der Waals surface area contributed by atoms with Gasteiger partial charge in [-0.25, -0.2) is 14.3 Å². The van der Waals surface area contributed by atoms with Gasteiger partial charge in [0.1, 0.15) is 11.5 Å². The first kappa shape index (κ1) is 14.8. The van der Waals surface area contributed by atoms with Crippen LogP contribution in [0.4, 0.5) is 19.0 Å². The van der Waals surface area contributed by atoms with Crippen molar-refractivity contribution in [3.8, 4) is 11.6 Å². The molecule has 120 valence electrons. The minimum Gasteiger partial charge on any atom is -0.480 e. The van der Waals surface area contributed by atoms with Gasteiger partial charge in [0.15, 0.2) is 18.2 Å². The molecular formula is C12H7F3N4O4. The van der Waals surface area contributed by atoms with Crippen LogP contribution in [0.15, 0.2) is 27.8 Å². The summed E-state index contributed by atoms with van der Waals surface area (Å²) in [5.74, 6) is -0.569. The minimum absolute atomic E-state index is 0.0371. The molecule has 0 atom stereocenters. The van der Waals surface area contributed by atoms with Crippen LogP contribution in [0.25, 0.3) is 5.82 Å². The smallest absolute Gasteiger partial charge is 0.431 e. The molecule has 11 heteroatoms. The topological polar surface area (TPSA) is 106 Å². The maximum absolute atomic E-state index is 12.6. The number of nitrogens with zero attached hydrogens (tertiary/aromatic N) is 2. The van der Waals surface area contributed by atoms with Crippen molar-refractivity contribution in [2.75, 3.05) is 11.9 Å². The number of amides is 1. The fourth-order valence-corrected chi connectivity index (χ4v) is 1.94. The van der Waals surface area contributed by atoms with E-state index in [2.05, 4.69) is 10.3 Å². The second-order valence-corrected chi connectivity index (χ2v) is 4.51. The van der Waals surface area contributed by atoms with Gasteiger partial charge in [0.25, 0.3) is 11.5 Å². The van der Waals surface area contributed by atoms with Crippen molar-refractivity contribution in [2.24, 2.45) is 0 Å². The van der Waals surface area contributed by atoms with Crippen molar-refractivity contribution in [2.45, 2.75) is 6.18 Å². The number of aromatic nitrogens is 3. The Kier molecular flexibility index (Phi) is 3.20. The summed E-state index contributed by atoms with van der Waals surface area (Å²) >= 11 is 0. The van der Waals surface area contributed by atoms with Crippen molar-refractivity contribution >= 4 is 11.7 Å². The van der Waals surface area contributed by atoms with Gasteiger partial charge in [-0.05, 0) is 12.1 Å². The molecule has 1 amide bonds. The molecular weight excluding hydrogens is 321 g/mol. The Hall–Kier alpha value is -3.11. The lowest BCUT2D eigenvalue weighted by atomic mass is 10.3. The van der Waals surface area contributed by atoms with Crippen molar-refractivity contribution in [3.05, 3.63) is 44.7 Å². The molecule has 0 aliphatic carbocycles. The van der Waals surface area contributed by atoms with Gasteiger partial charge in [0, 0.05) is 6.07 Å². The molecule has 0 radical (unpaired) electrons. The first-order valence-corrected chi connectivity index (χ1v) is 6.13. The monoisotopic (exact) mass is 328 g/mol. The van der Waals surface area contributed by atoms with Crippen molar-refractivity contribution in [1.82, 2.24) is 14.5 Å². The second kappa shape index (κ2) is 4.97. The summed E-state index contributed by atoms with van der Waals surface area (Å²) in [5, 5.41) is 2.36. The lowest BCUT2D eigenvalue weighted by molar-refractivity contribution is -0.141. The average Bonchev–Trinajstić information content (AvgIpc) is 2.45. The van der Waals surface area contributed by atoms with Crippen LogP contribution in [-0.2, 0) is 11.0 Å². The highest BCUT2D eigenvalue weighted by atomic mass is 19.4. The molecule has 23 heavy (non-hydrogen) atoms. The van der Waals surface area contributed by atoms with Crippen molar-refractivity contribution in [3.63, 3.8) is 0 Å². The number of anilines is 1. The van der Waals surface area contributed by atoms with Crippen LogP contribution in [0.1, 0.15) is 5.69 Å². The maximum atomic E-state index is 12.6. The van der Waals surface area contributed by atoms with Gasteiger partial charge < -0.3 is 15.0 Å². The van der Waals surface area contributed by atoms with E-state index in [1.54, 1.807) is 4.98 Å². The fourth-order valence-electron chi connectivity index (χ4n) is 1.94. The van der Waals surface area contributed by atoms with Gasteiger partial charge in [0.05, 0.1) is 0 Å². The summed E-state index contributed by atoms with van der Waals surface area (Å²) in [6.07, 6.45) is -4.86. The van der Waals surface area contributed by atoms with E-state index < -0.39 is 29.0 Å². The van der Waals surface area contributed by atoms with Crippen LogP contribution in [0.5, 0.6) is 5.75 Å². The van der Waals surface area contributed by atoms with Crippen LogP contribution in [0.2, 0.25) is 0 Å². The van der Waals surface area contributed by atoms with Crippen LogP contribution >= 0.6 is 0 Å². The number of aromatic amines is 1. The number of ether oxygens (including phenoxy) is 1. The molecule has 0 aromatic carbocycles. The van der Waals surface area contributed by atoms with Crippen LogP contribution in [0, 0.1) is 0 Å². The lowest BCUT2D eigenvalue weighted by Gasteiger charge is -2.17. The Labute approximate surface area is 124 Å². The molecule has 8 nitrogen and oxygen atoms in total. The lowest BCUT2D eigenvalue weighted by Crippen LogP contribution is -2.36. The molecule has 0 spiro atoms. The molecule has 0 saturated heterocycles. The Morgan fingerprint density at radius 3 is 2.61 bits per heavy atom. The first-order chi connectivity index (χ1) is 10.8. The quantitative estimate of drug-likeness (QED) is 0.782. The number of alkyl halides is 3. The largest absolute Gasteiger partial charge is 0.480 e. The van der Waals surface area contributed by atoms with Gasteiger partial charge in [-0.1, -0.05) is 0 Å². The Bertz CT molecular complexity index is 884. The summed E-state index contributed by atoms with van der Waals surface area (Å²) in [4.78, 5) is 40.3. The predicted molar refractivity (Wildman–Crippen MR) is 69.6 cm³/mol. The number of hydrogen-bond acceptors (Lipinski definition) is 5. The van der Waals surface area contributed by atoms with E-state index in [0.29, 0.717) is 4.57 Å². The highest BCUT2D eigenvalue weighted by Crippen LogP contribution is 2.27. The summed E-state index contributed by atoms with van der Waals surface area (Å²) in [6, 6.07) is 2.79. The molecule has 3 heterocycles. The molecule has 1 aliphatic rings. The zero-order valence-electron chi connectivity index (χ0n) is 11.1. The van der Waals surface area contributed by atoms with E-state index >= 15 is 0 Å². The Morgan fingerprint density at radius 1 is 1.22 bits per heavy atom. The molecule has 2 N–H and O–H groups in total. The first-order valence-electron chi connectivity index (χ1n) is 6.13. The van der Waals surface area contributed by atoms with Gasteiger partial charge >= 0.3 is 11.9 Å². The number of fused-ring (bicyclic) bond motifs is 1. The van der Waals surface area contributed by atoms with E-state index in [1.165, 1.54) is 12.1 Å². The Morgan fingerprint density at radius 2 is 1.96 bits per heavy atom. The van der Waals surface area contributed by atoms with Crippen molar-refractivity contribution < 1.29 is 22.7 Å². The number of H-pyrrole nitrogens is 1. The molecule has 1 aliphatic heterocycles. The van der Waals surface area contributed by atoms with Gasteiger partial charge in [0.2, 0.25) is 0 Å². The van der Waals surface area contributed by atoms with Gasteiger partial charge in [-0.2, -0.15) is 13.2 Å². The zero-order valence-corrected chi connectivity index (χ0v) is 11.1. The van der Waals surface area contributed by atoms with E-state index in [9.17, 15) is 27.6 Å². The number of nitrogens with one attached hydrogen (secondary N) is 2. The predicted octanol–water partition coefficient (Wildman–Crippen LogP) is 0.270. The highest BCUT2D eigenvalue weighted by molar-refractivity contribution is 5.94. The number of hydrogen-bond donors (Lipinski definition) is 2. The van der Waals surface area contributed by atoms with Crippen LogP contribution < -0.4 is 21.3 Å².